The third-order valence-corrected chi connectivity index (χ3v) is 5.31. The molecule has 4 rings (SSSR count). The van der Waals surface area contributed by atoms with Gasteiger partial charge < -0.3 is 4.74 Å². The summed E-state index contributed by atoms with van der Waals surface area (Å²) in [5.41, 5.74) is 3.12. The van der Waals surface area contributed by atoms with E-state index in [1.165, 1.54) is 11.0 Å². The molecule has 1 atom stereocenters. The lowest BCUT2D eigenvalue weighted by Crippen LogP contribution is -2.32. The van der Waals surface area contributed by atoms with Crippen molar-refractivity contribution in [2.75, 3.05) is 6.61 Å². The molecule has 1 unspecified atom stereocenters. The summed E-state index contributed by atoms with van der Waals surface area (Å²) in [5.74, 6) is -0.374. The van der Waals surface area contributed by atoms with Crippen molar-refractivity contribution in [1.82, 2.24) is 4.90 Å². The largest absolute Gasteiger partial charge is 0.446 e. The maximum atomic E-state index is 12.6. The second-order valence-corrected chi connectivity index (χ2v) is 7.09. The van der Waals surface area contributed by atoms with Gasteiger partial charge in [-0.05, 0) is 34.2 Å². The van der Waals surface area contributed by atoms with Crippen LogP contribution in [-0.2, 0) is 9.53 Å². The molecule has 4 nitrogen and oxygen atoms in total. The summed E-state index contributed by atoms with van der Waals surface area (Å²) < 4.78 is 5.10. The Kier molecular flexibility index (Phi) is 4.85. The number of hydrogen-bond donors (Lipinski definition) is 0. The van der Waals surface area contributed by atoms with E-state index in [0.29, 0.717) is 0 Å². The Hall–Kier alpha value is -3.18. The van der Waals surface area contributed by atoms with Crippen LogP contribution < -0.4 is 0 Å². The van der Waals surface area contributed by atoms with Gasteiger partial charge in [0.2, 0.25) is 0 Å². The van der Waals surface area contributed by atoms with Crippen LogP contribution in [0, 0.1) is 0 Å². The molecule has 5 heteroatoms. The average molecular weight is 375 g/mol. The smallest absolute Gasteiger partial charge is 0.417 e. The number of carbonyl (C=O) groups is 2. The predicted molar refractivity (Wildman–Crippen MR) is 106 cm³/mol. The summed E-state index contributed by atoms with van der Waals surface area (Å²) in [6, 6.07) is 21.1. The molecule has 1 aliphatic rings. The Bertz CT molecular complexity index is 979. The van der Waals surface area contributed by atoms with Gasteiger partial charge in [0.1, 0.15) is 12.6 Å². The first-order chi connectivity index (χ1) is 13.2. The van der Waals surface area contributed by atoms with Gasteiger partial charge in [-0.3, -0.25) is 4.79 Å². The first-order valence-corrected chi connectivity index (χ1v) is 9.47. The number of ether oxygens (including phenoxy) is 1. The lowest BCUT2D eigenvalue weighted by Gasteiger charge is -2.18. The lowest BCUT2D eigenvalue weighted by atomic mass is 10.1. The lowest BCUT2D eigenvalue weighted by molar-refractivity contribution is -0.124. The summed E-state index contributed by atoms with van der Waals surface area (Å²) in [6.07, 6.45) is 2.57. The highest BCUT2D eigenvalue weighted by Crippen LogP contribution is 2.29. The number of imide groups is 1. The number of carbonyl (C=O) groups excluding carboxylic acids is 2. The fourth-order valence-corrected chi connectivity index (χ4v) is 3.85. The number of cyclic esters (lactones) is 1. The van der Waals surface area contributed by atoms with E-state index in [9.17, 15) is 9.59 Å². The zero-order valence-corrected chi connectivity index (χ0v) is 15.3. The van der Waals surface area contributed by atoms with Crippen molar-refractivity contribution >= 4 is 29.4 Å². The van der Waals surface area contributed by atoms with Crippen LogP contribution in [0.5, 0.6) is 0 Å². The first kappa shape index (κ1) is 17.2. The van der Waals surface area contributed by atoms with Crippen LogP contribution in [0.25, 0.3) is 17.2 Å². The van der Waals surface area contributed by atoms with Gasteiger partial charge in [-0.1, -0.05) is 60.7 Å². The predicted octanol–water partition coefficient (Wildman–Crippen LogP) is 5.15. The Labute approximate surface area is 161 Å². The van der Waals surface area contributed by atoms with Crippen LogP contribution in [0.4, 0.5) is 4.79 Å². The van der Waals surface area contributed by atoms with Crippen molar-refractivity contribution < 1.29 is 14.3 Å². The zero-order valence-electron chi connectivity index (χ0n) is 14.4. The van der Waals surface area contributed by atoms with E-state index in [1.807, 2.05) is 66.7 Å². The Morgan fingerprint density at radius 3 is 2.48 bits per heavy atom. The first-order valence-electron chi connectivity index (χ1n) is 8.59. The third kappa shape index (κ3) is 3.68. The highest BCUT2D eigenvalue weighted by Gasteiger charge is 2.37. The van der Waals surface area contributed by atoms with Crippen molar-refractivity contribution in [3.63, 3.8) is 0 Å². The van der Waals surface area contributed by atoms with Crippen LogP contribution in [0.1, 0.15) is 16.5 Å². The summed E-state index contributed by atoms with van der Waals surface area (Å²) in [6.45, 7) is 0.180. The maximum absolute atomic E-state index is 12.6. The number of hydrogen-bond acceptors (Lipinski definition) is 4. The van der Waals surface area contributed by atoms with E-state index in [-0.39, 0.29) is 18.6 Å². The molecule has 0 spiro atoms. The molecule has 0 N–H and O–H groups in total. The molecule has 2 heterocycles. The second-order valence-electron chi connectivity index (χ2n) is 6.15. The minimum Gasteiger partial charge on any atom is -0.446 e. The van der Waals surface area contributed by atoms with Gasteiger partial charge in [-0.2, -0.15) is 0 Å². The molecule has 1 saturated heterocycles. The van der Waals surface area contributed by atoms with E-state index in [4.69, 9.17) is 4.74 Å². The molecule has 0 aliphatic carbocycles. The molecule has 1 aliphatic heterocycles. The van der Waals surface area contributed by atoms with Gasteiger partial charge in [0, 0.05) is 11.0 Å². The normalized spacial score (nSPS) is 16.7. The summed E-state index contributed by atoms with van der Waals surface area (Å²) in [7, 11) is 0. The van der Waals surface area contributed by atoms with Crippen molar-refractivity contribution in [3.05, 3.63) is 88.6 Å². The molecule has 0 bridgehead atoms. The minimum atomic E-state index is -0.602. The van der Waals surface area contributed by atoms with Gasteiger partial charge in [-0.25, -0.2) is 9.69 Å². The summed E-state index contributed by atoms with van der Waals surface area (Å²) >= 11 is 1.55. The SMILES string of the molecule is O=C(C=Cc1cc(-c2ccccc2)cs1)N1C(=O)OCC1c1ccccc1. The molecule has 134 valence electrons. The number of nitrogens with zero attached hydrogens (tertiary/aromatic N) is 1. The van der Waals surface area contributed by atoms with Crippen LogP contribution in [0.15, 0.2) is 78.2 Å². The van der Waals surface area contributed by atoms with E-state index >= 15 is 0 Å². The highest BCUT2D eigenvalue weighted by molar-refractivity contribution is 7.11. The molecular formula is C22H17NO3S. The van der Waals surface area contributed by atoms with Crippen LogP contribution >= 0.6 is 11.3 Å². The fraction of sp³-hybridized carbons (Fsp3) is 0.0909. The van der Waals surface area contributed by atoms with Crippen molar-refractivity contribution in [2.45, 2.75) is 6.04 Å². The fourth-order valence-electron chi connectivity index (χ4n) is 3.04. The summed E-state index contributed by atoms with van der Waals surface area (Å²) in [5, 5.41) is 2.05. The number of amides is 2. The van der Waals surface area contributed by atoms with E-state index in [2.05, 4.69) is 5.38 Å². The van der Waals surface area contributed by atoms with Crippen LogP contribution in [-0.4, -0.2) is 23.5 Å². The second kappa shape index (κ2) is 7.60. The van der Waals surface area contributed by atoms with E-state index < -0.39 is 6.09 Å². The van der Waals surface area contributed by atoms with Gasteiger partial charge in [0.25, 0.3) is 5.91 Å². The monoisotopic (exact) mass is 375 g/mol. The minimum absolute atomic E-state index is 0.180. The summed E-state index contributed by atoms with van der Waals surface area (Å²) in [4.78, 5) is 26.8. The number of benzene rings is 2. The molecule has 27 heavy (non-hydrogen) atoms. The Balaban J connectivity index is 1.51. The highest BCUT2D eigenvalue weighted by atomic mass is 32.1. The average Bonchev–Trinajstić information content (AvgIpc) is 3.34. The van der Waals surface area contributed by atoms with Crippen molar-refractivity contribution in [1.29, 1.82) is 0 Å². The van der Waals surface area contributed by atoms with Crippen molar-refractivity contribution in [3.8, 4) is 11.1 Å². The van der Waals surface area contributed by atoms with Crippen LogP contribution in [0.2, 0.25) is 0 Å². The van der Waals surface area contributed by atoms with Gasteiger partial charge in [0.05, 0.1) is 0 Å². The molecule has 2 amide bonds. The quantitative estimate of drug-likeness (QED) is 0.593. The van der Waals surface area contributed by atoms with E-state index in [0.717, 1.165) is 21.6 Å². The van der Waals surface area contributed by atoms with E-state index in [1.54, 1.807) is 17.4 Å². The molecule has 1 fully saturated rings. The van der Waals surface area contributed by atoms with Crippen molar-refractivity contribution in [2.24, 2.45) is 0 Å². The number of rotatable bonds is 4. The van der Waals surface area contributed by atoms with Crippen LogP contribution in [0.3, 0.4) is 0 Å². The zero-order chi connectivity index (χ0) is 18.6. The maximum Gasteiger partial charge on any atom is 0.417 e. The Morgan fingerprint density at radius 1 is 1.04 bits per heavy atom. The topological polar surface area (TPSA) is 46.6 Å². The molecule has 0 radical (unpaired) electrons. The van der Waals surface area contributed by atoms with Gasteiger partial charge in [-0.15, -0.1) is 11.3 Å². The number of thiophene rings is 1. The molecule has 0 saturated carbocycles. The van der Waals surface area contributed by atoms with Gasteiger partial charge >= 0.3 is 6.09 Å². The standard InChI is InChI=1S/C22H17NO3S/c24-21(23-20(14-26-22(23)25)17-9-5-2-6-10-17)12-11-19-13-18(15-27-19)16-7-3-1-4-8-16/h1-13,15,20H,14H2. The molecule has 1 aromatic heterocycles. The molecular weight excluding hydrogens is 358 g/mol. The third-order valence-electron chi connectivity index (χ3n) is 4.41. The molecule has 3 aromatic rings. The Morgan fingerprint density at radius 2 is 1.74 bits per heavy atom. The molecule has 2 aromatic carbocycles. The van der Waals surface area contributed by atoms with Gasteiger partial charge in [0.15, 0.2) is 0 Å².